The van der Waals surface area contributed by atoms with Gasteiger partial charge < -0.3 is 19.5 Å². The molecule has 0 bridgehead atoms. The lowest BCUT2D eigenvalue weighted by Crippen LogP contribution is -2.47. The summed E-state index contributed by atoms with van der Waals surface area (Å²) in [5, 5.41) is 11.8. The molecule has 8 heteroatoms. The van der Waals surface area contributed by atoms with E-state index in [0.717, 1.165) is 0 Å². The zero-order valence-electron chi connectivity index (χ0n) is 13.2. The first kappa shape index (κ1) is 17.9. The molecule has 0 radical (unpaired) electrons. The second kappa shape index (κ2) is 8.99. The van der Waals surface area contributed by atoms with Gasteiger partial charge in [0.05, 0.1) is 6.26 Å². The van der Waals surface area contributed by atoms with Gasteiger partial charge in [-0.3, -0.25) is 9.59 Å². The summed E-state index contributed by atoms with van der Waals surface area (Å²) >= 11 is 5.55. The molecular formula is C16H19ClN4O3. The molecule has 1 aromatic heterocycles. The number of nitrogens with one attached hydrogen (secondary N) is 1. The van der Waals surface area contributed by atoms with E-state index in [1.807, 2.05) is 11.0 Å². The third-order valence-corrected chi connectivity index (χ3v) is 3.87. The highest BCUT2D eigenvalue weighted by atomic mass is 35.5. The normalized spacial score (nSPS) is 15.1. The predicted octanol–water partition coefficient (Wildman–Crippen LogP) is 1.19. The zero-order chi connectivity index (χ0) is 17.4. The Labute approximate surface area is 145 Å². The molecule has 2 rings (SSSR count). The van der Waals surface area contributed by atoms with Crippen molar-refractivity contribution < 1.29 is 14.0 Å². The quantitative estimate of drug-likeness (QED) is 0.360. The Morgan fingerprint density at radius 2 is 2.12 bits per heavy atom. The molecule has 2 heterocycles. The molecule has 128 valence electrons. The average Bonchev–Trinajstić information content (AvgIpc) is 3.14. The number of alkyl halides is 1. The smallest absolute Gasteiger partial charge is 0.289 e. The Bertz CT molecular complexity index is 628. The van der Waals surface area contributed by atoms with Crippen LogP contribution in [-0.2, 0) is 4.79 Å². The first-order valence-electron chi connectivity index (χ1n) is 7.68. The van der Waals surface area contributed by atoms with Gasteiger partial charge in [-0.2, -0.15) is 5.26 Å². The molecule has 1 aromatic rings. The summed E-state index contributed by atoms with van der Waals surface area (Å²) in [4.78, 5) is 27.6. The van der Waals surface area contributed by atoms with Crippen LogP contribution in [0.25, 0.3) is 0 Å². The third-order valence-electron chi connectivity index (χ3n) is 3.61. The summed E-state index contributed by atoms with van der Waals surface area (Å²) in [6.07, 6.45) is 3.67. The van der Waals surface area contributed by atoms with Gasteiger partial charge in [-0.1, -0.05) is 0 Å². The van der Waals surface area contributed by atoms with Crippen LogP contribution >= 0.6 is 11.6 Å². The van der Waals surface area contributed by atoms with Crippen molar-refractivity contribution in [3.63, 3.8) is 0 Å². The summed E-state index contributed by atoms with van der Waals surface area (Å²) in [5.74, 6) is 0.215. The van der Waals surface area contributed by atoms with E-state index in [1.165, 1.54) is 6.26 Å². The van der Waals surface area contributed by atoms with Crippen LogP contribution in [-0.4, -0.2) is 60.2 Å². The number of nitrogens with zero attached hydrogens (tertiary/aromatic N) is 3. The van der Waals surface area contributed by atoms with Crippen molar-refractivity contribution in [2.75, 3.05) is 38.6 Å². The zero-order valence-corrected chi connectivity index (χ0v) is 14.0. The largest absolute Gasteiger partial charge is 0.459 e. The Kier molecular flexibility index (Phi) is 6.70. The van der Waals surface area contributed by atoms with E-state index in [-0.39, 0.29) is 11.5 Å². The van der Waals surface area contributed by atoms with Crippen molar-refractivity contribution in [1.29, 1.82) is 5.26 Å². The Morgan fingerprint density at radius 3 is 2.71 bits per heavy atom. The topological polar surface area (TPSA) is 89.6 Å². The summed E-state index contributed by atoms with van der Waals surface area (Å²) in [6, 6.07) is 5.22. The van der Waals surface area contributed by atoms with E-state index in [1.54, 1.807) is 23.2 Å². The molecule has 7 nitrogen and oxygen atoms in total. The van der Waals surface area contributed by atoms with E-state index in [4.69, 9.17) is 21.3 Å². The van der Waals surface area contributed by atoms with Gasteiger partial charge in [0, 0.05) is 44.8 Å². The van der Waals surface area contributed by atoms with Crippen molar-refractivity contribution in [3.8, 4) is 6.07 Å². The summed E-state index contributed by atoms with van der Waals surface area (Å²) in [6.45, 7) is 2.54. The van der Waals surface area contributed by atoms with E-state index in [9.17, 15) is 9.59 Å². The van der Waals surface area contributed by atoms with Crippen LogP contribution in [0.4, 0.5) is 0 Å². The minimum Gasteiger partial charge on any atom is -0.459 e. The Morgan fingerprint density at radius 1 is 1.38 bits per heavy atom. The molecule has 0 aliphatic carbocycles. The molecule has 0 spiro atoms. The van der Waals surface area contributed by atoms with Gasteiger partial charge in [0.15, 0.2) is 5.76 Å². The Balaban J connectivity index is 1.87. The van der Waals surface area contributed by atoms with Gasteiger partial charge in [-0.05, 0) is 18.6 Å². The first-order valence-corrected chi connectivity index (χ1v) is 8.22. The summed E-state index contributed by atoms with van der Waals surface area (Å²) in [5.41, 5.74) is 0.0513. The van der Waals surface area contributed by atoms with Gasteiger partial charge in [-0.15, -0.1) is 11.6 Å². The van der Waals surface area contributed by atoms with Crippen molar-refractivity contribution in [2.24, 2.45) is 0 Å². The lowest BCUT2D eigenvalue weighted by Gasteiger charge is -2.33. The number of piperazine rings is 1. The molecule has 0 unspecified atom stereocenters. The van der Waals surface area contributed by atoms with Crippen LogP contribution in [0.15, 0.2) is 34.6 Å². The van der Waals surface area contributed by atoms with Crippen LogP contribution in [0.5, 0.6) is 0 Å². The summed E-state index contributed by atoms with van der Waals surface area (Å²) < 4.78 is 5.11. The van der Waals surface area contributed by atoms with E-state index < -0.39 is 5.91 Å². The van der Waals surface area contributed by atoms with Gasteiger partial charge >= 0.3 is 0 Å². The maximum absolute atomic E-state index is 12.2. The standard InChI is InChI=1S/C16H19ClN4O3/c17-4-2-5-19-15(22)13(11-18)12-20-6-8-21(9-7-20)16(23)14-3-1-10-24-14/h1,3,10,12H,2,4-9H2,(H,19,22)/b13-12-. The van der Waals surface area contributed by atoms with Gasteiger partial charge in [-0.25, -0.2) is 0 Å². The number of nitriles is 1. The molecule has 1 N–H and O–H groups in total. The molecule has 1 aliphatic rings. The SMILES string of the molecule is N#C/C(=C/N1CCN(C(=O)c2ccco2)CC1)C(=O)NCCCCl. The third kappa shape index (κ3) is 4.77. The number of amides is 2. The number of carbonyl (C=O) groups is 2. The highest BCUT2D eigenvalue weighted by molar-refractivity contribution is 6.17. The molecular weight excluding hydrogens is 332 g/mol. The fourth-order valence-electron chi connectivity index (χ4n) is 2.29. The van der Waals surface area contributed by atoms with Crippen LogP contribution < -0.4 is 5.32 Å². The van der Waals surface area contributed by atoms with Crippen LogP contribution in [0.2, 0.25) is 0 Å². The lowest BCUT2D eigenvalue weighted by atomic mass is 10.2. The number of halogens is 1. The minimum absolute atomic E-state index is 0.0513. The van der Waals surface area contributed by atoms with Crippen molar-refractivity contribution >= 4 is 23.4 Å². The molecule has 2 amide bonds. The molecule has 1 fully saturated rings. The number of rotatable bonds is 6. The predicted molar refractivity (Wildman–Crippen MR) is 88.2 cm³/mol. The van der Waals surface area contributed by atoms with Crippen molar-refractivity contribution in [3.05, 3.63) is 35.9 Å². The maximum Gasteiger partial charge on any atom is 0.289 e. The second-order valence-electron chi connectivity index (χ2n) is 5.26. The maximum atomic E-state index is 12.2. The average molecular weight is 351 g/mol. The van der Waals surface area contributed by atoms with E-state index >= 15 is 0 Å². The highest BCUT2D eigenvalue weighted by Gasteiger charge is 2.23. The van der Waals surface area contributed by atoms with Gasteiger partial charge in [0.25, 0.3) is 11.8 Å². The first-order chi connectivity index (χ1) is 11.7. The fourth-order valence-corrected chi connectivity index (χ4v) is 2.43. The minimum atomic E-state index is -0.406. The fraction of sp³-hybridized carbons (Fsp3) is 0.438. The van der Waals surface area contributed by atoms with Crippen LogP contribution in [0.1, 0.15) is 17.0 Å². The molecule has 0 aromatic carbocycles. The molecule has 0 saturated carbocycles. The highest BCUT2D eigenvalue weighted by Crippen LogP contribution is 2.10. The number of hydrogen-bond acceptors (Lipinski definition) is 5. The number of hydrogen-bond donors (Lipinski definition) is 1. The number of carbonyl (C=O) groups excluding carboxylic acids is 2. The molecule has 0 atom stereocenters. The van der Waals surface area contributed by atoms with Gasteiger partial charge in [0.2, 0.25) is 0 Å². The molecule has 1 aliphatic heterocycles. The molecule has 24 heavy (non-hydrogen) atoms. The summed E-state index contributed by atoms with van der Waals surface area (Å²) in [7, 11) is 0. The molecule has 1 saturated heterocycles. The monoisotopic (exact) mass is 350 g/mol. The van der Waals surface area contributed by atoms with Crippen molar-refractivity contribution in [1.82, 2.24) is 15.1 Å². The second-order valence-corrected chi connectivity index (χ2v) is 5.64. The van der Waals surface area contributed by atoms with Gasteiger partial charge in [0.1, 0.15) is 11.6 Å². The number of furan rings is 1. The van der Waals surface area contributed by atoms with Crippen LogP contribution in [0.3, 0.4) is 0 Å². The lowest BCUT2D eigenvalue weighted by molar-refractivity contribution is -0.117. The van der Waals surface area contributed by atoms with Crippen LogP contribution in [0, 0.1) is 11.3 Å². The van der Waals surface area contributed by atoms with E-state index in [2.05, 4.69) is 5.32 Å². The Hall–Kier alpha value is -2.46. The van der Waals surface area contributed by atoms with E-state index in [0.29, 0.717) is 50.8 Å². The van der Waals surface area contributed by atoms with Crippen molar-refractivity contribution in [2.45, 2.75) is 6.42 Å².